The number of nitrogens with zero attached hydrogens (tertiary/aromatic N) is 3. The average molecular weight is 522 g/mol. The van der Waals surface area contributed by atoms with Gasteiger partial charge in [0.1, 0.15) is 12.1 Å². The van der Waals surface area contributed by atoms with Crippen molar-refractivity contribution in [3.63, 3.8) is 0 Å². The first-order valence-corrected chi connectivity index (χ1v) is 12.3. The number of thioether (sulfide) groups is 1. The molecule has 6 nitrogen and oxygen atoms in total. The fourth-order valence-corrected chi connectivity index (χ4v) is 5.20. The van der Waals surface area contributed by atoms with E-state index >= 15 is 0 Å². The molecule has 2 heterocycles. The summed E-state index contributed by atoms with van der Waals surface area (Å²) in [5, 5.41) is 15.2. The summed E-state index contributed by atoms with van der Waals surface area (Å²) < 4.78 is 2.12. The van der Waals surface area contributed by atoms with Gasteiger partial charge >= 0.3 is 5.97 Å². The average Bonchev–Trinajstić information content (AvgIpc) is 3.13. The molecule has 0 amide bonds. The first-order chi connectivity index (χ1) is 15.8. The van der Waals surface area contributed by atoms with Crippen LogP contribution in [-0.4, -0.2) is 38.4 Å². The zero-order valence-electron chi connectivity index (χ0n) is 17.7. The van der Waals surface area contributed by atoms with Gasteiger partial charge in [0.15, 0.2) is 0 Å². The molecule has 0 saturated heterocycles. The molecule has 2 aromatic carbocycles. The van der Waals surface area contributed by atoms with Crippen LogP contribution in [0.15, 0.2) is 47.6 Å². The Hall–Kier alpha value is -2.45. The van der Waals surface area contributed by atoms with Gasteiger partial charge in [-0.1, -0.05) is 34.8 Å². The predicted molar refractivity (Wildman–Crippen MR) is 136 cm³/mol. The number of rotatable bonds is 7. The number of fused-ring (bicyclic) bond motifs is 1. The van der Waals surface area contributed by atoms with Crippen LogP contribution in [0.1, 0.15) is 16.1 Å². The lowest BCUT2D eigenvalue weighted by Crippen LogP contribution is -2.12. The Kier molecular flexibility index (Phi) is 7.05. The SMILES string of the molecule is CSc1cc(-c2cc(NCCn3c(C)cc4c(Cl)ccc(Cl)c43)ncn2)cc(Cl)c1C(=O)O. The summed E-state index contributed by atoms with van der Waals surface area (Å²) in [5.41, 5.74) is 3.41. The van der Waals surface area contributed by atoms with Crippen LogP contribution >= 0.6 is 46.6 Å². The van der Waals surface area contributed by atoms with Gasteiger partial charge in [0.05, 0.1) is 31.8 Å². The van der Waals surface area contributed by atoms with E-state index in [1.807, 2.05) is 13.0 Å². The van der Waals surface area contributed by atoms with Gasteiger partial charge < -0.3 is 15.0 Å². The first-order valence-electron chi connectivity index (χ1n) is 9.91. The second-order valence-corrected chi connectivity index (χ2v) is 9.35. The van der Waals surface area contributed by atoms with E-state index in [-0.39, 0.29) is 10.6 Å². The number of aryl methyl sites for hydroxylation is 1. The Balaban J connectivity index is 1.55. The van der Waals surface area contributed by atoms with Crippen LogP contribution in [0.2, 0.25) is 15.1 Å². The van der Waals surface area contributed by atoms with Gasteiger partial charge in [-0.3, -0.25) is 0 Å². The Bertz CT molecular complexity index is 1370. The number of anilines is 1. The lowest BCUT2D eigenvalue weighted by atomic mass is 10.1. The molecule has 0 atom stereocenters. The number of halogens is 3. The van der Waals surface area contributed by atoms with Crippen molar-refractivity contribution < 1.29 is 9.90 Å². The van der Waals surface area contributed by atoms with Crippen molar-refractivity contribution in [1.82, 2.24) is 14.5 Å². The van der Waals surface area contributed by atoms with Gasteiger partial charge in [0.25, 0.3) is 0 Å². The molecule has 10 heteroatoms. The summed E-state index contributed by atoms with van der Waals surface area (Å²) in [4.78, 5) is 20.7. The van der Waals surface area contributed by atoms with Crippen molar-refractivity contribution in [2.24, 2.45) is 0 Å². The minimum atomic E-state index is -1.06. The monoisotopic (exact) mass is 520 g/mol. The van der Waals surface area contributed by atoms with Crippen molar-refractivity contribution >= 4 is 69.3 Å². The molecular formula is C23H19Cl3N4O2S. The van der Waals surface area contributed by atoms with Crippen LogP contribution in [0.4, 0.5) is 5.82 Å². The minimum absolute atomic E-state index is 0.0911. The number of benzene rings is 2. The molecule has 4 aromatic rings. The lowest BCUT2D eigenvalue weighted by Gasteiger charge is -2.12. The maximum atomic E-state index is 11.5. The van der Waals surface area contributed by atoms with Crippen LogP contribution in [0.3, 0.4) is 0 Å². The Morgan fingerprint density at radius 3 is 2.58 bits per heavy atom. The summed E-state index contributed by atoms with van der Waals surface area (Å²) in [7, 11) is 0. The first kappa shape index (κ1) is 23.7. The molecular weight excluding hydrogens is 503 g/mol. The van der Waals surface area contributed by atoms with E-state index in [9.17, 15) is 9.90 Å². The van der Waals surface area contributed by atoms with Crippen molar-refractivity contribution in [1.29, 1.82) is 0 Å². The molecule has 0 saturated carbocycles. The topological polar surface area (TPSA) is 80.0 Å². The maximum absolute atomic E-state index is 11.5. The third-order valence-electron chi connectivity index (χ3n) is 5.26. The number of hydrogen-bond acceptors (Lipinski definition) is 5. The van der Waals surface area contributed by atoms with Gasteiger partial charge in [-0.25, -0.2) is 14.8 Å². The fraction of sp³-hybridized carbons (Fsp3) is 0.174. The Morgan fingerprint density at radius 2 is 1.85 bits per heavy atom. The third-order valence-corrected chi connectivity index (χ3v) is 6.95. The van der Waals surface area contributed by atoms with Crippen molar-refractivity contribution in [2.75, 3.05) is 18.1 Å². The molecule has 170 valence electrons. The summed E-state index contributed by atoms with van der Waals surface area (Å²) >= 11 is 20.3. The van der Waals surface area contributed by atoms with Gasteiger partial charge in [0, 0.05) is 40.7 Å². The van der Waals surface area contributed by atoms with E-state index in [2.05, 4.69) is 19.9 Å². The van der Waals surface area contributed by atoms with Crippen LogP contribution < -0.4 is 5.32 Å². The highest BCUT2D eigenvalue weighted by atomic mass is 35.5. The Labute approximate surface area is 209 Å². The van der Waals surface area contributed by atoms with E-state index in [0.717, 1.165) is 16.6 Å². The smallest absolute Gasteiger partial charge is 0.338 e. The molecule has 0 aliphatic heterocycles. The summed E-state index contributed by atoms with van der Waals surface area (Å²) in [6.07, 6.45) is 3.27. The number of aromatic nitrogens is 3. The largest absolute Gasteiger partial charge is 0.478 e. The quantitative estimate of drug-likeness (QED) is 0.258. The summed E-state index contributed by atoms with van der Waals surface area (Å²) in [6, 6.07) is 10.8. The number of hydrogen-bond donors (Lipinski definition) is 2. The lowest BCUT2D eigenvalue weighted by molar-refractivity contribution is 0.0693. The molecule has 4 rings (SSSR count). The maximum Gasteiger partial charge on any atom is 0.338 e. The van der Waals surface area contributed by atoms with E-state index in [1.54, 1.807) is 36.6 Å². The van der Waals surface area contributed by atoms with Crippen molar-refractivity contribution in [3.8, 4) is 11.3 Å². The second kappa shape index (κ2) is 9.81. The number of carboxylic acid groups (broad SMARTS) is 1. The standard InChI is InChI=1S/C23H19Cl3N4O2S/c1-12-7-14-15(24)3-4-16(25)22(14)30(12)6-5-27-20-10-18(28-11-29-20)13-8-17(26)21(23(31)32)19(9-13)33-2/h3-4,7-11H,5-6H2,1-2H3,(H,31,32)(H,27,28,29). The van der Waals surface area contributed by atoms with Crippen LogP contribution in [-0.2, 0) is 6.54 Å². The van der Waals surface area contributed by atoms with Crippen molar-refractivity contribution in [3.05, 3.63) is 69.1 Å². The molecule has 0 radical (unpaired) electrons. The molecule has 0 spiro atoms. The van der Waals surface area contributed by atoms with E-state index in [0.29, 0.717) is 45.1 Å². The molecule has 0 unspecified atom stereocenters. The Morgan fingerprint density at radius 1 is 1.09 bits per heavy atom. The minimum Gasteiger partial charge on any atom is -0.478 e. The van der Waals surface area contributed by atoms with Crippen LogP contribution in [0.25, 0.3) is 22.2 Å². The molecule has 2 aromatic heterocycles. The number of carbonyl (C=O) groups is 1. The van der Waals surface area contributed by atoms with Crippen LogP contribution in [0, 0.1) is 6.92 Å². The van der Waals surface area contributed by atoms with Gasteiger partial charge in [0.2, 0.25) is 0 Å². The summed E-state index contributed by atoms with van der Waals surface area (Å²) in [6.45, 7) is 3.27. The molecule has 0 aliphatic rings. The van der Waals surface area contributed by atoms with E-state index in [1.165, 1.54) is 18.1 Å². The highest BCUT2D eigenvalue weighted by Crippen LogP contribution is 2.34. The normalized spacial score (nSPS) is 11.2. The zero-order valence-corrected chi connectivity index (χ0v) is 20.8. The van der Waals surface area contributed by atoms with E-state index in [4.69, 9.17) is 34.8 Å². The van der Waals surface area contributed by atoms with Crippen molar-refractivity contribution in [2.45, 2.75) is 18.4 Å². The summed E-state index contributed by atoms with van der Waals surface area (Å²) in [5.74, 6) is -0.419. The molecule has 33 heavy (non-hydrogen) atoms. The highest BCUT2D eigenvalue weighted by molar-refractivity contribution is 7.98. The van der Waals surface area contributed by atoms with Gasteiger partial charge in [-0.2, -0.15) is 0 Å². The second-order valence-electron chi connectivity index (χ2n) is 7.28. The van der Waals surface area contributed by atoms with E-state index < -0.39 is 5.97 Å². The molecule has 0 bridgehead atoms. The number of nitrogens with one attached hydrogen (secondary N) is 1. The van der Waals surface area contributed by atoms with Gasteiger partial charge in [-0.15, -0.1) is 11.8 Å². The third kappa shape index (κ3) is 4.77. The molecule has 0 fully saturated rings. The number of aromatic carboxylic acids is 1. The van der Waals surface area contributed by atoms with Gasteiger partial charge in [-0.05, 0) is 43.5 Å². The zero-order chi connectivity index (χ0) is 23.7. The molecule has 0 aliphatic carbocycles. The molecule has 2 N–H and O–H groups in total. The van der Waals surface area contributed by atoms with Crippen LogP contribution in [0.5, 0.6) is 0 Å². The number of carboxylic acids is 1. The fourth-order valence-electron chi connectivity index (χ4n) is 3.73. The highest BCUT2D eigenvalue weighted by Gasteiger charge is 2.17. The predicted octanol–water partition coefficient (Wildman–Crippen LogP) is 6.90.